The van der Waals surface area contributed by atoms with Gasteiger partial charge in [-0.1, -0.05) is 0 Å². The molecule has 1 aromatic heterocycles. The number of aliphatic hydroxyl groups is 1. The first-order valence-corrected chi connectivity index (χ1v) is 6.98. The van der Waals surface area contributed by atoms with Gasteiger partial charge < -0.3 is 10.4 Å². The first-order valence-electron chi connectivity index (χ1n) is 6.98. The predicted octanol–water partition coefficient (Wildman–Crippen LogP) is 0.333. The molecule has 1 fully saturated rings. The third-order valence-electron chi connectivity index (χ3n) is 3.89. The van der Waals surface area contributed by atoms with Gasteiger partial charge in [-0.15, -0.1) is 0 Å². The maximum atomic E-state index is 9.50. The van der Waals surface area contributed by atoms with Crippen molar-refractivity contribution >= 4 is 0 Å². The summed E-state index contributed by atoms with van der Waals surface area (Å²) < 4.78 is 2.15. The van der Waals surface area contributed by atoms with Crippen molar-refractivity contribution in [1.82, 2.24) is 20.0 Å². The fourth-order valence-electron chi connectivity index (χ4n) is 2.80. The number of fused-ring (bicyclic) bond motifs is 1. The summed E-state index contributed by atoms with van der Waals surface area (Å²) in [6, 6.07) is 2.23. The zero-order valence-electron chi connectivity index (χ0n) is 10.8. The summed E-state index contributed by atoms with van der Waals surface area (Å²) in [5.41, 5.74) is 2.48. The zero-order chi connectivity index (χ0) is 12.4. The molecule has 0 bridgehead atoms. The highest BCUT2D eigenvalue weighted by atomic mass is 16.3. The highest BCUT2D eigenvalue weighted by molar-refractivity contribution is 5.11. The van der Waals surface area contributed by atoms with Crippen LogP contribution in [0, 0.1) is 0 Å². The number of hydrogen-bond acceptors (Lipinski definition) is 4. The van der Waals surface area contributed by atoms with E-state index in [1.807, 2.05) is 0 Å². The number of nitrogens with zero attached hydrogens (tertiary/aromatic N) is 3. The lowest BCUT2D eigenvalue weighted by Gasteiger charge is -2.28. The Morgan fingerprint density at radius 1 is 1.33 bits per heavy atom. The van der Waals surface area contributed by atoms with Gasteiger partial charge in [-0.2, -0.15) is 5.10 Å². The minimum atomic E-state index is -0.0934. The summed E-state index contributed by atoms with van der Waals surface area (Å²) in [7, 11) is 0. The smallest absolute Gasteiger partial charge is 0.0768 e. The van der Waals surface area contributed by atoms with E-state index in [1.54, 1.807) is 0 Å². The highest BCUT2D eigenvalue weighted by Gasteiger charge is 2.18. The number of aryl methyl sites for hydroxylation is 1. The second-order valence-corrected chi connectivity index (χ2v) is 5.39. The minimum Gasteiger partial charge on any atom is -0.393 e. The van der Waals surface area contributed by atoms with Gasteiger partial charge in [0, 0.05) is 32.7 Å². The standard InChI is InChI=1S/C13H22N4O/c18-13-2-6-16(7-3-13)10-11-8-12-9-14-4-1-5-17(12)15-11/h8,13-14,18H,1-7,9-10H2. The lowest BCUT2D eigenvalue weighted by atomic mass is 10.1. The normalized spacial score (nSPS) is 22.7. The van der Waals surface area contributed by atoms with Crippen LogP contribution in [0.25, 0.3) is 0 Å². The quantitative estimate of drug-likeness (QED) is 0.794. The van der Waals surface area contributed by atoms with Gasteiger partial charge in [0.2, 0.25) is 0 Å². The van der Waals surface area contributed by atoms with Crippen LogP contribution in [-0.4, -0.2) is 45.5 Å². The van der Waals surface area contributed by atoms with Crippen LogP contribution in [0.15, 0.2) is 6.07 Å². The number of nitrogens with one attached hydrogen (secondary N) is 1. The molecule has 5 nitrogen and oxygen atoms in total. The Morgan fingerprint density at radius 2 is 2.17 bits per heavy atom. The maximum Gasteiger partial charge on any atom is 0.0768 e. The van der Waals surface area contributed by atoms with E-state index >= 15 is 0 Å². The molecule has 0 aromatic carbocycles. The Kier molecular flexibility index (Phi) is 3.63. The molecule has 100 valence electrons. The number of aliphatic hydroxyl groups excluding tert-OH is 1. The van der Waals surface area contributed by atoms with Crippen LogP contribution in [0.1, 0.15) is 30.7 Å². The number of likely N-dealkylation sites (tertiary alicyclic amines) is 1. The maximum absolute atomic E-state index is 9.50. The largest absolute Gasteiger partial charge is 0.393 e. The molecule has 3 rings (SSSR count). The van der Waals surface area contributed by atoms with Crippen molar-refractivity contribution in [2.75, 3.05) is 19.6 Å². The fourth-order valence-corrected chi connectivity index (χ4v) is 2.80. The first-order chi connectivity index (χ1) is 8.81. The molecule has 18 heavy (non-hydrogen) atoms. The van der Waals surface area contributed by atoms with Gasteiger partial charge >= 0.3 is 0 Å². The number of aromatic nitrogens is 2. The SMILES string of the molecule is OC1CCN(Cc2cc3n(n2)CCCNC3)CC1. The molecule has 3 heterocycles. The Bertz CT molecular complexity index is 372. The molecule has 1 aromatic rings. The summed E-state index contributed by atoms with van der Waals surface area (Å²) in [6.07, 6.45) is 2.86. The van der Waals surface area contributed by atoms with Gasteiger partial charge in [0.25, 0.3) is 0 Å². The van der Waals surface area contributed by atoms with Crippen LogP contribution in [0.2, 0.25) is 0 Å². The van der Waals surface area contributed by atoms with Crippen molar-refractivity contribution in [1.29, 1.82) is 0 Å². The average molecular weight is 250 g/mol. The minimum absolute atomic E-state index is 0.0934. The van der Waals surface area contributed by atoms with Crippen molar-refractivity contribution in [2.24, 2.45) is 0 Å². The molecule has 0 spiro atoms. The topological polar surface area (TPSA) is 53.3 Å². The molecule has 2 aliphatic heterocycles. The molecule has 5 heteroatoms. The van der Waals surface area contributed by atoms with E-state index in [0.29, 0.717) is 0 Å². The summed E-state index contributed by atoms with van der Waals surface area (Å²) in [6.45, 7) is 5.95. The van der Waals surface area contributed by atoms with Crippen LogP contribution in [-0.2, 0) is 19.6 Å². The van der Waals surface area contributed by atoms with Crippen LogP contribution in [0.5, 0.6) is 0 Å². The molecule has 2 N–H and O–H groups in total. The van der Waals surface area contributed by atoms with Crippen molar-refractivity contribution < 1.29 is 5.11 Å². The van der Waals surface area contributed by atoms with Gasteiger partial charge in [0.05, 0.1) is 17.5 Å². The lowest BCUT2D eigenvalue weighted by Crippen LogP contribution is -2.35. The van der Waals surface area contributed by atoms with Crippen molar-refractivity contribution in [2.45, 2.75) is 45.0 Å². The van der Waals surface area contributed by atoms with E-state index in [2.05, 4.69) is 21.0 Å². The Labute approximate surface area is 108 Å². The van der Waals surface area contributed by atoms with E-state index in [9.17, 15) is 5.11 Å². The van der Waals surface area contributed by atoms with Crippen LogP contribution < -0.4 is 5.32 Å². The van der Waals surface area contributed by atoms with E-state index in [1.165, 1.54) is 11.4 Å². The molecule has 0 unspecified atom stereocenters. The third-order valence-corrected chi connectivity index (χ3v) is 3.89. The molecule has 0 radical (unpaired) electrons. The van der Waals surface area contributed by atoms with Crippen molar-refractivity contribution in [3.8, 4) is 0 Å². The number of hydrogen-bond donors (Lipinski definition) is 2. The van der Waals surface area contributed by atoms with Gasteiger partial charge in [0.15, 0.2) is 0 Å². The first kappa shape index (κ1) is 12.1. The predicted molar refractivity (Wildman–Crippen MR) is 69.1 cm³/mol. The van der Waals surface area contributed by atoms with Crippen LogP contribution in [0.3, 0.4) is 0 Å². The number of piperidine rings is 1. The van der Waals surface area contributed by atoms with Gasteiger partial charge in [-0.25, -0.2) is 0 Å². The number of rotatable bonds is 2. The highest BCUT2D eigenvalue weighted by Crippen LogP contribution is 2.15. The molecular formula is C13H22N4O. The molecular weight excluding hydrogens is 228 g/mol. The monoisotopic (exact) mass is 250 g/mol. The van der Waals surface area contributed by atoms with E-state index in [4.69, 9.17) is 5.10 Å². The molecule has 0 amide bonds. The van der Waals surface area contributed by atoms with Crippen LogP contribution >= 0.6 is 0 Å². The molecule has 0 aliphatic carbocycles. The second kappa shape index (κ2) is 5.38. The Balaban J connectivity index is 1.63. The fraction of sp³-hybridized carbons (Fsp3) is 0.769. The summed E-state index contributed by atoms with van der Waals surface area (Å²) in [5, 5.41) is 17.6. The Hall–Kier alpha value is -0.910. The van der Waals surface area contributed by atoms with Crippen LogP contribution in [0.4, 0.5) is 0 Å². The van der Waals surface area contributed by atoms with E-state index < -0.39 is 0 Å². The van der Waals surface area contributed by atoms with Gasteiger partial charge in [-0.05, 0) is 31.9 Å². The average Bonchev–Trinajstić information content (AvgIpc) is 2.62. The summed E-state index contributed by atoms with van der Waals surface area (Å²) in [5.74, 6) is 0. The molecule has 1 saturated heterocycles. The van der Waals surface area contributed by atoms with Crippen molar-refractivity contribution in [3.05, 3.63) is 17.5 Å². The summed E-state index contributed by atoms with van der Waals surface area (Å²) in [4.78, 5) is 2.39. The van der Waals surface area contributed by atoms with Crippen molar-refractivity contribution in [3.63, 3.8) is 0 Å². The molecule has 0 atom stereocenters. The van der Waals surface area contributed by atoms with E-state index in [-0.39, 0.29) is 6.10 Å². The molecule has 2 aliphatic rings. The van der Waals surface area contributed by atoms with E-state index in [0.717, 1.165) is 58.5 Å². The Morgan fingerprint density at radius 3 is 3.00 bits per heavy atom. The van der Waals surface area contributed by atoms with Gasteiger partial charge in [0.1, 0.15) is 0 Å². The van der Waals surface area contributed by atoms with Gasteiger partial charge in [-0.3, -0.25) is 9.58 Å². The third kappa shape index (κ3) is 2.74. The second-order valence-electron chi connectivity index (χ2n) is 5.39. The lowest BCUT2D eigenvalue weighted by molar-refractivity contribution is 0.0785. The summed E-state index contributed by atoms with van der Waals surface area (Å²) >= 11 is 0. The molecule has 0 saturated carbocycles. The zero-order valence-corrected chi connectivity index (χ0v) is 10.8.